The zero-order valence-electron chi connectivity index (χ0n) is 16.5. The Morgan fingerprint density at radius 1 is 0.900 bits per heavy atom. The summed E-state index contributed by atoms with van der Waals surface area (Å²) >= 11 is 0. The zero-order chi connectivity index (χ0) is 20.3. The van der Waals surface area contributed by atoms with Crippen molar-refractivity contribution in [2.24, 2.45) is 0 Å². The van der Waals surface area contributed by atoms with Crippen molar-refractivity contribution < 1.29 is 14.3 Å². The van der Waals surface area contributed by atoms with Crippen LogP contribution in [0.15, 0.2) is 54.6 Å². The summed E-state index contributed by atoms with van der Waals surface area (Å²) in [5, 5.41) is 11.7. The summed E-state index contributed by atoms with van der Waals surface area (Å²) in [4.78, 5) is 15.0. The normalized spacial score (nSPS) is 15.1. The third-order valence-corrected chi connectivity index (χ3v) is 5.38. The van der Waals surface area contributed by atoms with Gasteiger partial charge in [-0.25, -0.2) is 0 Å². The first-order valence-corrected chi connectivity index (χ1v) is 10.2. The lowest BCUT2D eigenvalue weighted by molar-refractivity contribution is 0.102. The molecule has 7 heteroatoms. The van der Waals surface area contributed by atoms with Crippen molar-refractivity contribution in [3.05, 3.63) is 60.2 Å². The molecule has 7 nitrogen and oxygen atoms in total. The molecule has 0 aliphatic carbocycles. The van der Waals surface area contributed by atoms with Crippen molar-refractivity contribution in [2.45, 2.75) is 19.3 Å². The summed E-state index contributed by atoms with van der Waals surface area (Å²) in [6.07, 6.45) is 3.68. The van der Waals surface area contributed by atoms with Crippen LogP contribution in [-0.2, 0) is 0 Å². The Hall–Kier alpha value is -3.61. The third kappa shape index (κ3) is 3.78. The maximum Gasteiger partial charge on any atom is 0.255 e. The predicted octanol–water partition coefficient (Wildman–Crippen LogP) is 4.11. The van der Waals surface area contributed by atoms with E-state index in [4.69, 9.17) is 9.47 Å². The van der Waals surface area contributed by atoms with Crippen molar-refractivity contribution in [3.63, 3.8) is 0 Å². The van der Waals surface area contributed by atoms with Gasteiger partial charge in [0.05, 0.1) is 5.69 Å². The number of ether oxygens (including phenoxy) is 2. The number of hydrogen-bond donors (Lipinski definition) is 1. The second-order valence-corrected chi connectivity index (χ2v) is 7.43. The molecule has 30 heavy (non-hydrogen) atoms. The lowest BCUT2D eigenvalue weighted by atomic mass is 10.1. The number of piperidine rings is 1. The quantitative estimate of drug-likeness (QED) is 0.708. The lowest BCUT2D eigenvalue weighted by Gasteiger charge is -2.27. The Labute approximate surface area is 174 Å². The van der Waals surface area contributed by atoms with E-state index in [1.807, 2.05) is 30.3 Å². The molecule has 2 aliphatic heterocycles. The van der Waals surface area contributed by atoms with Crippen LogP contribution in [0.1, 0.15) is 29.6 Å². The SMILES string of the molecule is O=C(Nc1ccc2c(c1)OCO2)c1cccc(-c2ccc(N3CCCCC3)nn2)c1. The molecule has 0 spiro atoms. The van der Waals surface area contributed by atoms with Gasteiger partial charge in [-0.2, -0.15) is 0 Å². The van der Waals surface area contributed by atoms with Crippen LogP contribution in [0.3, 0.4) is 0 Å². The number of fused-ring (bicyclic) bond motifs is 1. The lowest BCUT2D eigenvalue weighted by Crippen LogP contribution is -2.30. The van der Waals surface area contributed by atoms with Gasteiger partial charge >= 0.3 is 0 Å². The van der Waals surface area contributed by atoms with Gasteiger partial charge in [-0.15, -0.1) is 10.2 Å². The van der Waals surface area contributed by atoms with E-state index in [9.17, 15) is 4.79 Å². The Morgan fingerprint density at radius 2 is 1.77 bits per heavy atom. The van der Waals surface area contributed by atoms with Crippen molar-refractivity contribution in [1.82, 2.24) is 10.2 Å². The van der Waals surface area contributed by atoms with E-state index >= 15 is 0 Å². The Bertz CT molecular complexity index is 1060. The average Bonchev–Trinajstić information content (AvgIpc) is 3.28. The maximum atomic E-state index is 12.7. The molecule has 0 bridgehead atoms. The van der Waals surface area contributed by atoms with Crippen LogP contribution in [0.2, 0.25) is 0 Å². The predicted molar refractivity (Wildman–Crippen MR) is 114 cm³/mol. The highest BCUT2D eigenvalue weighted by Gasteiger charge is 2.16. The Morgan fingerprint density at radius 3 is 2.60 bits per heavy atom. The number of carbonyl (C=O) groups is 1. The molecule has 0 unspecified atom stereocenters. The number of aromatic nitrogens is 2. The van der Waals surface area contributed by atoms with Crippen molar-refractivity contribution in [3.8, 4) is 22.8 Å². The van der Waals surface area contributed by atoms with Crippen LogP contribution >= 0.6 is 0 Å². The second kappa shape index (κ2) is 8.02. The average molecular weight is 402 g/mol. The molecule has 1 amide bonds. The topological polar surface area (TPSA) is 76.6 Å². The molecule has 2 aromatic carbocycles. The van der Waals surface area contributed by atoms with Crippen LogP contribution in [-0.4, -0.2) is 36.0 Å². The molecule has 1 aromatic heterocycles. The van der Waals surface area contributed by atoms with Gasteiger partial charge in [-0.1, -0.05) is 12.1 Å². The highest BCUT2D eigenvalue weighted by Crippen LogP contribution is 2.34. The van der Waals surface area contributed by atoms with Gasteiger partial charge in [-0.05, 0) is 55.7 Å². The van der Waals surface area contributed by atoms with E-state index in [-0.39, 0.29) is 12.7 Å². The monoisotopic (exact) mass is 402 g/mol. The third-order valence-electron chi connectivity index (χ3n) is 5.38. The van der Waals surface area contributed by atoms with Crippen molar-refractivity contribution in [1.29, 1.82) is 0 Å². The van der Waals surface area contributed by atoms with Gasteiger partial charge in [0, 0.05) is 36.0 Å². The summed E-state index contributed by atoms with van der Waals surface area (Å²) in [5.41, 5.74) is 2.80. The Balaban J connectivity index is 1.31. The molecule has 1 fully saturated rings. The number of amides is 1. The summed E-state index contributed by atoms with van der Waals surface area (Å²) < 4.78 is 10.7. The van der Waals surface area contributed by atoms with E-state index < -0.39 is 0 Å². The fourth-order valence-electron chi connectivity index (χ4n) is 3.77. The molecular weight excluding hydrogens is 380 g/mol. The molecule has 0 saturated carbocycles. The molecule has 5 rings (SSSR count). The van der Waals surface area contributed by atoms with E-state index in [0.717, 1.165) is 30.2 Å². The van der Waals surface area contributed by atoms with E-state index in [2.05, 4.69) is 20.4 Å². The minimum absolute atomic E-state index is 0.200. The van der Waals surface area contributed by atoms with Crippen molar-refractivity contribution in [2.75, 3.05) is 30.1 Å². The molecule has 3 heterocycles. The van der Waals surface area contributed by atoms with Gasteiger partial charge in [0.15, 0.2) is 17.3 Å². The number of anilines is 2. The minimum atomic E-state index is -0.200. The summed E-state index contributed by atoms with van der Waals surface area (Å²) in [5.74, 6) is 2.02. The van der Waals surface area contributed by atoms with Crippen LogP contribution in [0.5, 0.6) is 11.5 Å². The molecule has 152 valence electrons. The van der Waals surface area contributed by atoms with Gasteiger partial charge in [-0.3, -0.25) is 4.79 Å². The number of carbonyl (C=O) groups excluding carboxylic acids is 1. The summed E-state index contributed by atoms with van der Waals surface area (Å²) in [6, 6.07) is 16.7. The Kier molecular flexibility index (Phi) is 4.93. The minimum Gasteiger partial charge on any atom is -0.454 e. The summed E-state index contributed by atoms with van der Waals surface area (Å²) in [6.45, 7) is 2.26. The van der Waals surface area contributed by atoms with Crippen LogP contribution in [0, 0.1) is 0 Å². The molecule has 1 saturated heterocycles. The number of hydrogen-bond acceptors (Lipinski definition) is 6. The smallest absolute Gasteiger partial charge is 0.255 e. The highest BCUT2D eigenvalue weighted by molar-refractivity contribution is 6.05. The molecule has 0 atom stereocenters. The number of benzene rings is 2. The van der Waals surface area contributed by atoms with E-state index in [1.165, 1.54) is 19.3 Å². The molecule has 2 aliphatic rings. The van der Waals surface area contributed by atoms with Gasteiger partial charge in [0.2, 0.25) is 6.79 Å². The van der Waals surface area contributed by atoms with Gasteiger partial charge in [0.25, 0.3) is 5.91 Å². The maximum absolute atomic E-state index is 12.7. The zero-order valence-corrected chi connectivity index (χ0v) is 16.5. The van der Waals surface area contributed by atoms with Crippen molar-refractivity contribution >= 4 is 17.4 Å². The molecular formula is C23H22N4O3. The largest absolute Gasteiger partial charge is 0.454 e. The molecule has 1 N–H and O–H groups in total. The first-order valence-electron chi connectivity index (χ1n) is 10.2. The summed E-state index contributed by atoms with van der Waals surface area (Å²) in [7, 11) is 0. The fourth-order valence-corrected chi connectivity index (χ4v) is 3.77. The standard InChI is InChI=1S/C23H22N4O3/c28-23(24-18-7-9-20-21(14-18)30-15-29-20)17-6-4-5-16(13-17)19-8-10-22(26-25-19)27-11-2-1-3-12-27/h4-10,13-14H,1-3,11-12,15H2,(H,24,28). The first kappa shape index (κ1) is 18.4. The molecule has 3 aromatic rings. The van der Waals surface area contributed by atoms with Gasteiger partial charge < -0.3 is 19.7 Å². The first-order chi connectivity index (χ1) is 14.8. The van der Waals surface area contributed by atoms with Crippen LogP contribution in [0.4, 0.5) is 11.5 Å². The van der Waals surface area contributed by atoms with Gasteiger partial charge in [0.1, 0.15) is 0 Å². The second-order valence-electron chi connectivity index (χ2n) is 7.43. The number of nitrogens with one attached hydrogen (secondary N) is 1. The number of rotatable bonds is 4. The van der Waals surface area contributed by atoms with E-state index in [1.54, 1.807) is 24.3 Å². The number of nitrogens with zero attached hydrogens (tertiary/aromatic N) is 3. The highest BCUT2D eigenvalue weighted by atomic mass is 16.7. The van der Waals surface area contributed by atoms with Crippen LogP contribution in [0.25, 0.3) is 11.3 Å². The van der Waals surface area contributed by atoms with E-state index in [0.29, 0.717) is 22.7 Å². The molecule has 0 radical (unpaired) electrons. The fraction of sp³-hybridized carbons (Fsp3) is 0.261. The van der Waals surface area contributed by atoms with Crippen LogP contribution < -0.4 is 19.7 Å².